The summed E-state index contributed by atoms with van der Waals surface area (Å²) in [5.41, 5.74) is 3.40. The molecule has 2 aromatic heterocycles. The molecule has 8 heteroatoms. The highest BCUT2D eigenvalue weighted by Gasteiger charge is 2.21. The third-order valence-electron chi connectivity index (χ3n) is 5.49. The maximum atomic E-state index is 13.5. The molecule has 7 nitrogen and oxygen atoms in total. The van der Waals surface area contributed by atoms with Crippen molar-refractivity contribution in [2.24, 2.45) is 0 Å². The minimum Gasteiger partial charge on any atom is -0.454 e. The van der Waals surface area contributed by atoms with Gasteiger partial charge in [-0.1, -0.05) is 5.16 Å². The van der Waals surface area contributed by atoms with E-state index in [0.717, 1.165) is 27.7 Å². The number of halogens is 1. The second-order valence-electron chi connectivity index (χ2n) is 7.67. The van der Waals surface area contributed by atoms with Gasteiger partial charge in [0.1, 0.15) is 5.82 Å². The van der Waals surface area contributed by atoms with Crippen LogP contribution in [0.4, 0.5) is 4.39 Å². The number of aromatic nitrogens is 3. The number of benzene rings is 2. The number of hydrogen-bond acceptors (Lipinski definition) is 7. The second kappa shape index (κ2) is 7.63. The molecule has 1 aliphatic rings. The third kappa shape index (κ3) is 3.70. The lowest BCUT2D eigenvalue weighted by molar-refractivity contribution is 0.174. The largest absolute Gasteiger partial charge is 0.454 e. The monoisotopic (exact) mass is 420 g/mol. The average molecular weight is 420 g/mol. The van der Waals surface area contributed by atoms with E-state index in [9.17, 15) is 4.39 Å². The number of nitrogens with zero attached hydrogens (tertiary/aromatic N) is 4. The van der Waals surface area contributed by atoms with Crippen LogP contribution in [0.15, 0.2) is 47.0 Å². The number of ether oxygens (including phenoxy) is 2. The van der Waals surface area contributed by atoms with Gasteiger partial charge in [0.25, 0.3) is 0 Å². The minimum atomic E-state index is -0.285. The summed E-state index contributed by atoms with van der Waals surface area (Å²) >= 11 is 0. The molecule has 5 rings (SSSR count). The van der Waals surface area contributed by atoms with Gasteiger partial charge < -0.3 is 14.0 Å². The number of pyridine rings is 1. The van der Waals surface area contributed by atoms with E-state index in [1.165, 1.54) is 12.1 Å². The molecule has 4 aromatic rings. The standard InChI is InChI=1S/C23H21FN4O3/c1-13(23-25-14(2)27-31-23)28(3)11-17-8-16-9-20-21(30-12-29-20)10-19(16)26-22(17)15-4-6-18(24)7-5-15/h4-10,13H,11-12H2,1-3H3/t13-/m1/s1. The molecule has 0 amide bonds. The van der Waals surface area contributed by atoms with Crippen LogP contribution >= 0.6 is 0 Å². The van der Waals surface area contributed by atoms with Gasteiger partial charge in [-0.15, -0.1) is 0 Å². The van der Waals surface area contributed by atoms with Gasteiger partial charge in [-0.25, -0.2) is 9.37 Å². The molecule has 0 spiro atoms. The van der Waals surface area contributed by atoms with E-state index in [1.54, 1.807) is 19.1 Å². The average Bonchev–Trinajstić information content (AvgIpc) is 3.40. The van der Waals surface area contributed by atoms with E-state index in [4.69, 9.17) is 19.0 Å². The molecule has 0 radical (unpaired) electrons. The fourth-order valence-electron chi connectivity index (χ4n) is 3.66. The molecule has 0 fully saturated rings. The third-order valence-corrected chi connectivity index (χ3v) is 5.49. The summed E-state index contributed by atoms with van der Waals surface area (Å²) in [4.78, 5) is 11.4. The van der Waals surface area contributed by atoms with E-state index in [-0.39, 0.29) is 18.7 Å². The molecule has 158 valence electrons. The smallest absolute Gasteiger partial charge is 0.243 e. The van der Waals surface area contributed by atoms with Crippen molar-refractivity contribution in [3.05, 3.63) is 65.6 Å². The first-order chi connectivity index (χ1) is 15.0. The molecule has 0 saturated heterocycles. The molecule has 0 aliphatic carbocycles. The lowest BCUT2D eigenvalue weighted by Gasteiger charge is -2.23. The van der Waals surface area contributed by atoms with Crippen LogP contribution < -0.4 is 9.47 Å². The number of rotatable bonds is 5. The lowest BCUT2D eigenvalue weighted by Crippen LogP contribution is -2.22. The second-order valence-corrected chi connectivity index (χ2v) is 7.67. The van der Waals surface area contributed by atoms with E-state index < -0.39 is 0 Å². The van der Waals surface area contributed by atoms with Gasteiger partial charge in [0.05, 0.1) is 17.3 Å². The van der Waals surface area contributed by atoms with Gasteiger partial charge in [0, 0.05) is 23.6 Å². The molecule has 0 saturated carbocycles. The summed E-state index contributed by atoms with van der Waals surface area (Å²) in [6, 6.07) is 12.2. The first-order valence-electron chi connectivity index (χ1n) is 9.97. The summed E-state index contributed by atoms with van der Waals surface area (Å²) in [5.74, 6) is 2.26. The maximum Gasteiger partial charge on any atom is 0.243 e. The molecule has 31 heavy (non-hydrogen) atoms. The van der Waals surface area contributed by atoms with E-state index in [2.05, 4.69) is 21.1 Å². The van der Waals surface area contributed by atoms with Crippen LogP contribution in [0.25, 0.3) is 22.2 Å². The predicted octanol–water partition coefficient (Wildman–Crippen LogP) is 4.65. The van der Waals surface area contributed by atoms with Gasteiger partial charge in [-0.05, 0) is 62.9 Å². The fourth-order valence-corrected chi connectivity index (χ4v) is 3.66. The number of fused-ring (bicyclic) bond motifs is 2. The van der Waals surface area contributed by atoms with Crippen molar-refractivity contribution in [3.8, 4) is 22.8 Å². The first-order valence-corrected chi connectivity index (χ1v) is 9.97. The summed E-state index contributed by atoms with van der Waals surface area (Å²) in [7, 11) is 1.99. The van der Waals surface area contributed by atoms with E-state index in [0.29, 0.717) is 29.8 Å². The van der Waals surface area contributed by atoms with Crippen LogP contribution in [0.2, 0.25) is 0 Å². The Balaban J connectivity index is 1.57. The van der Waals surface area contributed by atoms with Crippen LogP contribution in [0.3, 0.4) is 0 Å². The minimum absolute atomic E-state index is 0.0882. The van der Waals surface area contributed by atoms with Crippen molar-refractivity contribution in [1.82, 2.24) is 20.0 Å². The van der Waals surface area contributed by atoms with Gasteiger partial charge >= 0.3 is 0 Å². The Morgan fingerprint density at radius 3 is 2.52 bits per heavy atom. The van der Waals surface area contributed by atoms with Crippen molar-refractivity contribution >= 4 is 10.9 Å². The zero-order valence-electron chi connectivity index (χ0n) is 17.4. The Hall–Kier alpha value is -3.52. The van der Waals surface area contributed by atoms with Gasteiger partial charge in [-0.2, -0.15) is 4.98 Å². The summed E-state index contributed by atoms with van der Waals surface area (Å²) < 4.78 is 29.9. The molecule has 1 aliphatic heterocycles. The Morgan fingerprint density at radius 1 is 1.06 bits per heavy atom. The molecular weight excluding hydrogens is 399 g/mol. The van der Waals surface area contributed by atoms with Crippen LogP contribution in [0, 0.1) is 12.7 Å². The summed E-state index contributed by atoms with van der Waals surface area (Å²) in [5, 5.41) is 4.83. The highest BCUT2D eigenvalue weighted by Crippen LogP contribution is 2.37. The van der Waals surface area contributed by atoms with Crippen LogP contribution in [0.1, 0.15) is 30.2 Å². The van der Waals surface area contributed by atoms with Crippen molar-refractivity contribution < 1.29 is 18.4 Å². The first kappa shape index (κ1) is 19.4. The zero-order valence-corrected chi connectivity index (χ0v) is 17.4. The molecule has 3 heterocycles. The number of aryl methyl sites for hydroxylation is 1. The molecule has 0 unspecified atom stereocenters. The Bertz CT molecular complexity index is 1260. The van der Waals surface area contributed by atoms with E-state index in [1.807, 2.05) is 26.1 Å². The lowest BCUT2D eigenvalue weighted by atomic mass is 10.0. The molecule has 0 N–H and O–H groups in total. The zero-order chi connectivity index (χ0) is 21.5. The Morgan fingerprint density at radius 2 is 1.81 bits per heavy atom. The summed E-state index contributed by atoms with van der Waals surface area (Å²) in [6.07, 6.45) is 0. The maximum absolute atomic E-state index is 13.5. The topological polar surface area (TPSA) is 73.5 Å². The fraction of sp³-hybridized carbons (Fsp3) is 0.261. The molecular formula is C23H21FN4O3. The van der Waals surface area contributed by atoms with Crippen molar-refractivity contribution in [2.45, 2.75) is 26.4 Å². The highest BCUT2D eigenvalue weighted by atomic mass is 19.1. The van der Waals surface area contributed by atoms with E-state index >= 15 is 0 Å². The molecule has 2 aromatic carbocycles. The van der Waals surface area contributed by atoms with Gasteiger partial charge in [-0.3, -0.25) is 4.90 Å². The van der Waals surface area contributed by atoms with Crippen molar-refractivity contribution in [1.29, 1.82) is 0 Å². The summed E-state index contributed by atoms with van der Waals surface area (Å²) in [6.45, 7) is 4.58. The van der Waals surface area contributed by atoms with Crippen LogP contribution in [-0.4, -0.2) is 33.9 Å². The Labute approximate surface area is 178 Å². The van der Waals surface area contributed by atoms with Crippen molar-refractivity contribution in [2.75, 3.05) is 13.8 Å². The van der Waals surface area contributed by atoms with Gasteiger partial charge in [0.2, 0.25) is 12.7 Å². The molecule has 0 bridgehead atoms. The van der Waals surface area contributed by atoms with Crippen LogP contribution in [0.5, 0.6) is 11.5 Å². The SMILES string of the molecule is Cc1noc([C@@H](C)N(C)Cc2cc3cc4c(cc3nc2-c2ccc(F)cc2)OCO4)n1. The molecule has 1 atom stereocenters. The Kier molecular flexibility index (Phi) is 4.78. The van der Waals surface area contributed by atoms with Crippen molar-refractivity contribution in [3.63, 3.8) is 0 Å². The van der Waals surface area contributed by atoms with Gasteiger partial charge in [0.15, 0.2) is 17.3 Å². The number of hydrogen-bond donors (Lipinski definition) is 0. The normalized spacial score (nSPS) is 13.8. The predicted molar refractivity (Wildman–Crippen MR) is 112 cm³/mol. The van der Waals surface area contributed by atoms with Crippen LogP contribution in [-0.2, 0) is 6.54 Å². The highest BCUT2D eigenvalue weighted by molar-refractivity contribution is 5.86. The quantitative estimate of drug-likeness (QED) is 0.465.